The average Bonchev–Trinajstić information content (AvgIpc) is 2.60. The van der Waals surface area contributed by atoms with Crippen LogP contribution in [0.25, 0.3) is 0 Å². The van der Waals surface area contributed by atoms with Crippen molar-refractivity contribution in [1.82, 2.24) is 0 Å². The van der Waals surface area contributed by atoms with Gasteiger partial charge in [-0.1, -0.05) is 149 Å². The van der Waals surface area contributed by atoms with E-state index >= 15 is 0 Å². The Bertz CT molecular complexity index is 180. The van der Waals surface area contributed by atoms with Gasteiger partial charge in [-0.25, -0.2) is 0 Å². The van der Waals surface area contributed by atoms with Crippen LogP contribution in [0.2, 0.25) is 0 Å². The van der Waals surface area contributed by atoms with Crippen molar-refractivity contribution >= 4 is 0 Å². The van der Waals surface area contributed by atoms with Gasteiger partial charge in [0, 0.05) is 1.37 Å². The van der Waals surface area contributed by atoms with Crippen molar-refractivity contribution in [2.45, 2.75) is 149 Å². The topological polar surface area (TPSA) is 0 Å². The summed E-state index contributed by atoms with van der Waals surface area (Å²) in [6, 6.07) is 0. The number of hydrogen-bond donors (Lipinski definition) is 0. The van der Waals surface area contributed by atoms with E-state index < -0.39 is 0 Å². The lowest BCUT2D eigenvalue weighted by Crippen LogP contribution is -1.84. The van der Waals surface area contributed by atoms with Crippen LogP contribution in [-0.4, -0.2) is 0 Å². The molecule has 0 spiro atoms. The SMILES string of the molecule is [2H]CCCCCCCCCCCCCCCCCCCCCCC. The first-order valence-electron chi connectivity index (χ1n) is 11.9. The third-order valence-corrected chi connectivity index (χ3v) is 5.10. The van der Waals surface area contributed by atoms with Gasteiger partial charge in [-0.2, -0.15) is 0 Å². The molecule has 0 atom stereocenters. The fraction of sp³-hybridized carbons (Fsp3) is 1.00. The summed E-state index contributed by atoms with van der Waals surface area (Å²) in [5, 5.41) is 0. The first-order valence-corrected chi connectivity index (χ1v) is 11.2. The first kappa shape index (κ1) is 21.0. The molecule has 0 aliphatic carbocycles. The molecule has 0 saturated carbocycles. The van der Waals surface area contributed by atoms with E-state index in [1.54, 1.807) is 0 Å². The zero-order valence-corrected chi connectivity index (χ0v) is 16.6. The molecular formula is C23H48. The molecule has 0 saturated heterocycles. The van der Waals surface area contributed by atoms with Gasteiger partial charge in [0.05, 0.1) is 0 Å². The van der Waals surface area contributed by atoms with Gasteiger partial charge >= 0.3 is 0 Å². The Labute approximate surface area is 150 Å². The molecule has 0 aromatic carbocycles. The fourth-order valence-corrected chi connectivity index (χ4v) is 3.43. The zero-order valence-electron chi connectivity index (χ0n) is 17.6. The Balaban J connectivity index is 2.93. The fourth-order valence-electron chi connectivity index (χ4n) is 3.43. The van der Waals surface area contributed by atoms with Crippen LogP contribution < -0.4 is 0 Å². The van der Waals surface area contributed by atoms with Crippen molar-refractivity contribution in [1.29, 1.82) is 0 Å². The van der Waals surface area contributed by atoms with Crippen LogP contribution in [0.15, 0.2) is 0 Å². The van der Waals surface area contributed by atoms with Crippen molar-refractivity contribution in [2.24, 2.45) is 0 Å². The minimum Gasteiger partial charge on any atom is -0.0654 e. The lowest BCUT2D eigenvalue weighted by Gasteiger charge is -2.04. The Hall–Kier alpha value is 0. The standard InChI is InChI=1S/C23H48/c1-3-5-7-9-11-13-15-17-19-21-23-22-20-18-16-14-12-10-8-6-4-2/h3-23H2,1-2H3/i1D. The second kappa shape index (κ2) is 22.0. The van der Waals surface area contributed by atoms with E-state index in [9.17, 15) is 0 Å². The van der Waals surface area contributed by atoms with E-state index in [1.807, 2.05) is 0 Å². The van der Waals surface area contributed by atoms with Crippen LogP contribution in [0, 0.1) is 0 Å². The average molecular weight is 326 g/mol. The molecule has 0 bridgehead atoms. The summed E-state index contributed by atoms with van der Waals surface area (Å²) < 4.78 is 7.11. The van der Waals surface area contributed by atoms with Crippen molar-refractivity contribution in [2.75, 3.05) is 0 Å². The third kappa shape index (κ3) is 22.0. The van der Waals surface area contributed by atoms with Gasteiger partial charge in [0.1, 0.15) is 0 Å². The summed E-state index contributed by atoms with van der Waals surface area (Å²) in [6.07, 6.45) is 30.0. The predicted molar refractivity (Wildman–Crippen MR) is 108 cm³/mol. The number of unbranched alkanes of at least 4 members (excludes halogenated alkanes) is 20. The van der Waals surface area contributed by atoms with E-state index in [0.717, 1.165) is 6.42 Å². The van der Waals surface area contributed by atoms with Crippen molar-refractivity contribution in [3.8, 4) is 0 Å². The Morgan fingerprint density at radius 1 is 0.348 bits per heavy atom. The summed E-state index contributed by atoms with van der Waals surface area (Å²) in [7, 11) is 0. The summed E-state index contributed by atoms with van der Waals surface area (Å²) in [5.74, 6) is 0. The minimum atomic E-state index is 0.624. The van der Waals surface area contributed by atoms with Crippen LogP contribution in [0.3, 0.4) is 0 Å². The van der Waals surface area contributed by atoms with Crippen LogP contribution in [0.1, 0.15) is 150 Å². The monoisotopic (exact) mass is 325 g/mol. The maximum absolute atomic E-state index is 7.11. The van der Waals surface area contributed by atoms with E-state index in [2.05, 4.69) is 6.92 Å². The van der Waals surface area contributed by atoms with E-state index in [1.165, 1.54) is 128 Å². The molecule has 23 heavy (non-hydrogen) atoms. The van der Waals surface area contributed by atoms with Gasteiger partial charge < -0.3 is 0 Å². The van der Waals surface area contributed by atoms with Gasteiger partial charge in [-0.15, -0.1) is 0 Å². The van der Waals surface area contributed by atoms with E-state index in [0.29, 0.717) is 6.90 Å². The normalized spacial score (nSPS) is 11.8. The summed E-state index contributed by atoms with van der Waals surface area (Å²) in [4.78, 5) is 0. The van der Waals surface area contributed by atoms with Crippen molar-refractivity contribution < 1.29 is 1.37 Å². The van der Waals surface area contributed by atoms with E-state index in [4.69, 9.17) is 1.37 Å². The molecule has 0 aromatic rings. The Kier molecular flexibility index (Phi) is 20.1. The molecule has 0 unspecified atom stereocenters. The maximum Gasteiger partial charge on any atom is 0.0230 e. The van der Waals surface area contributed by atoms with Gasteiger partial charge in [0.25, 0.3) is 0 Å². The molecule has 0 aromatic heterocycles. The van der Waals surface area contributed by atoms with Crippen LogP contribution >= 0.6 is 0 Å². The largest absolute Gasteiger partial charge is 0.0654 e. The summed E-state index contributed by atoms with van der Waals surface area (Å²) in [6.45, 7) is 2.92. The molecule has 0 rings (SSSR count). The van der Waals surface area contributed by atoms with Gasteiger partial charge in [0.2, 0.25) is 0 Å². The molecule has 0 nitrogen and oxygen atoms in total. The van der Waals surface area contributed by atoms with Crippen molar-refractivity contribution in [3.05, 3.63) is 0 Å². The molecule has 0 fully saturated rings. The zero-order chi connectivity index (χ0) is 17.6. The number of hydrogen-bond acceptors (Lipinski definition) is 0. The van der Waals surface area contributed by atoms with Gasteiger partial charge in [0.15, 0.2) is 0 Å². The summed E-state index contributed by atoms with van der Waals surface area (Å²) in [5.41, 5.74) is 0. The molecular weight excluding hydrogens is 276 g/mol. The molecule has 0 aliphatic rings. The first-order chi connectivity index (χ1) is 11.9. The van der Waals surface area contributed by atoms with E-state index in [-0.39, 0.29) is 0 Å². The second-order valence-corrected chi connectivity index (χ2v) is 7.57. The third-order valence-electron chi connectivity index (χ3n) is 5.10. The lowest BCUT2D eigenvalue weighted by atomic mass is 10.0. The molecule has 140 valence electrons. The second-order valence-electron chi connectivity index (χ2n) is 7.57. The minimum absolute atomic E-state index is 0.624. The van der Waals surface area contributed by atoms with Crippen LogP contribution in [0.4, 0.5) is 0 Å². The molecule has 0 heteroatoms. The Morgan fingerprint density at radius 2 is 0.565 bits per heavy atom. The van der Waals surface area contributed by atoms with Crippen LogP contribution in [0.5, 0.6) is 0 Å². The molecule has 0 heterocycles. The molecule has 0 radical (unpaired) electrons. The highest BCUT2D eigenvalue weighted by Gasteiger charge is 1.95. The predicted octanol–water partition coefficient (Wildman–Crippen LogP) is 9.22. The quantitative estimate of drug-likeness (QED) is 0.196. The molecule has 0 aliphatic heterocycles. The lowest BCUT2D eigenvalue weighted by molar-refractivity contribution is 0.521. The highest BCUT2D eigenvalue weighted by atomic mass is 14.0. The van der Waals surface area contributed by atoms with Crippen molar-refractivity contribution in [3.63, 3.8) is 0 Å². The van der Waals surface area contributed by atoms with Gasteiger partial charge in [-0.3, -0.25) is 0 Å². The maximum atomic E-state index is 7.11. The Morgan fingerprint density at radius 3 is 0.783 bits per heavy atom. The smallest absolute Gasteiger partial charge is 0.0230 e. The van der Waals surface area contributed by atoms with Crippen LogP contribution in [-0.2, 0) is 0 Å². The van der Waals surface area contributed by atoms with Gasteiger partial charge in [-0.05, 0) is 0 Å². The number of rotatable bonds is 20. The highest BCUT2D eigenvalue weighted by Crippen LogP contribution is 2.14. The highest BCUT2D eigenvalue weighted by molar-refractivity contribution is 4.50. The molecule has 0 N–H and O–H groups in total. The molecule has 0 amide bonds. The summed E-state index contributed by atoms with van der Waals surface area (Å²) >= 11 is 0.